The molecule has 0 atom stereocenters. The van der Waals surface area contributed by atoms with Crippen molar-refractivity contribution in [1.82, 2.24) is 19.6 Å². The molecule has 0 spiro atoms. The van der Waals surface area contributed by atoms with Gasteiger partial charge in [-0.15, -0.1) is 0 Å². The highest BCUT2D eigenvalue weighted by Gasteiger charge is 2.40. The zero-order valence-electron chi connectivity index (χ0n) is 20.7. The number of hydrogen-bond acceptors (Lipinski definition) is 5. The van der Waals surface area contributed by atoms with E-state index in [4.69, 9.17) is 16.3 Å². The molecule has 0 unspecified atom stereocenters. The number of carbonyl (C=O) groups is 3. The summed E-state index contributed by atoms with van der Waals surface area (Å²) < 4.78 is 6.15. The van der Waals surface area contributed by atoms with E-state index in [1.165, 1.54) is 0 Å². The number of amides is 3. The maximum Gasteiger partial charge on any atom is 0.224 e. The SMILES string of the molecule is CN1CCN(C(=O)CC2(COc3ccc(Cl)cc3)CCN(C(=O)CCN3CCCC3=O)CC2)CC1. The number of hydrogen-bond donors (Lipinski definition) is 0. The summed E-state index contributed by atoms with van der Waals surface area (Å²) in [4.78, 5) is 45.8. The molecule has 0 radical (unpaired) electrons. The molecule has 3 fully saturated rings. The van der Waals surface area contributed by atoms with Gasteiger partial charge in [0.25, 0.3) is 0 Å². The number of piperazine rings is 1. The van der Waals surface area contributed by atoms with Crippen LogP contribution in [-0.2, 0) is 14.4 Å². The predicted octanol–water partition coefficient (Wildman–Crippen LogP) is 2.50. The molecule has 0 aromatic heterocycles. The maximum atomic E-state index is 13.2. The number of likely N-dealkylation sites (N-methyl/N-ethyl adjacent to an activating group) is 1. The quantitative estimate of drug-likeness (QED) is 0.544. The number of ether oxygens (including phenoxy) is 1. The van der Waals surface area contributed by atoms with Gasteiger partial charge in [-0.1, -0.05) is 11.6 Å². The smallest absolute Gasteiger partial charge is 0.224 e. The summed E-state index contributed by atoms with van der Waals surface area (Å²) in [5.74, 6) is 1.14. The second kappa shape index (κ2) is 11.6. The van der Waals surface area contributed by atoms with Crippen LogP contribution in [0.15, 0.2) is 24.3 Å². The van der Waals surface area contributed by atoms with Crippen LogP contribution < -0.4 is 4.74 Å². The van der Waals surface area contributed by atoms with Crippen LogP contribution in [0.2, 0.25) is 5.02 Å². The largest absolute Gasteiger partial charge is 0.493 e. The molecule has 0 aliphatic carbocycles. The minimum Gasteiger partial charge on any atom is -0.493 e. The van der Waals surface area contributed by atoms with E-state index in [2.05, 4.69) is 11.9 Å². The number of carbonyl (C=O) groups excluding carboxylic acids is 3. The number of piperidine rings is 1. The third-order valence-corrected chi connectivity index (χ3v) is 7.94. The standard InChI is InChI=1S/C26H37ClN4O4/c1-28-15-17-31(18-16-28)25(34)19-26(20-35-22-6-4-21(27)5-7-22)9-13-30(14-10-26)24(33)8-12-29-11-2-3-23(29)32/h4-7H,2-3,8-20H2,1H3. The van der Waals surface area contributed by atoms with Crippen LogP contribution in [-0.4, -0.2) is 103 Å². The van der Waals surface area contributed by atoms with Gasteiger partial charge < -0.3 is 24.3 Å². The number of rotatable bonds is 8. The summed E-state index contributed by atoms with van der Waals surface area (Å²) in [5.41, 5.74) is -0.318. The van der Waals surface area contributed by atoms with Crippen LogP contribution in [0, 0.1) is 5.41 Å². The fourth-order valence-electron chi connectivity index (χ4n) is 5.19. The fraction of sp³-hybridized carbons (Fsp3) is 0.654. The van der Waals surface area contributed by atoms with Crippen LogP contribution in [0.25, 0.3) is 0 Å². The molecular formula is C26H37ClN4O4. The molecular weight excluding hydrogens is 468 g/mol. The lowest BCUT2D eigenvalue weighted by Crippen LogP contribution is -2.51. The first-order chi connectivity index (χ1) is 16.8. The Kier molecular flexibility index (Phi) is 8.55. The van der Waals surface area contributed by atoms with Crippen molar-refractivity contribution >= 4 is 29.3 Å². The number of halogens is 1. The Hall–Kier alpha value is -2.32. The molecule has 3 aliphatic heterocycles. The van der Waals surface area contributed by atoms with Crippen molar-refractivity contribution in [2.45, 2.75) is 38.5 Å². The minimum absolute atomic E-state index is 0.0855. The van der Waals surface area contributed by atoms with E-state index in [1.54, 1.807) is 17.0 Å². The van der Waals surface area contributed by atoms with Crippen LogP contribution in [0.5, 0.6) is 5.75 Å². The predicted molar refractivity (Wildman–Crippen MR) is 134 cm³/mol. The molecule has 4 rings (SSSR count). The van der Waals surface area contributed by atoms with Crippen molar-refractivity contribution in [1.29, 1.82) is 0 Å². The van der Waals surface area contributed by atoms with E-state index < -0.39 is 0 Å². The third kappa shape index (κ3) is 6.88. The van der Waals surface area contributed by atoms with E-state index in [0.29, 0.717) is 63.4 Å². The zero-order chi connectivity index (χ0) is 24.8. The van der Waals surface area contributed by atoms with Gasteiger partial charge in [0.15, 0.2) is 0 Å². The summed E-state index contributed by atoms with van der Waals surface area (Å²) >= 11 is 6.01. The Morgan fingerprint density at radius 2 is 1.60 bits per heavy atom. The Balaban J connectivity index is 1.36. The van der Waals surface area contributed by atoms with Gasteiger partial charge in [-0.25, -0.2) is 0 Å². The molecule has 1 aromatic carbocycles. The van der Waals surface area contributed by atoms with E-state index in [1.807, 2.05) is 21.9 Å². The molecule has 3 amide bonds. The monoisotopic (exact) mass is 504 g/mol. The van der Waals surface area contributed by atoms with E-state index >= 15 is 0 Å². The molecule has 1 aromatic rings. The van der Waals surface area contributed by atoms with Gasteiger partial charge in [-0.3, -0.25) is 14.4 Å². The first kappa shape index (κ1) is 25.8. The fourth-order valence-corrected chi connectivity index (χ4v) is 5.31. The van der Waals surface area contributed by atoms with Crippen molar-refractivity contribution in [2.24, 2.45) is 5.41 Å². The second-order valence-corrected chi connectivity index (χ2v) is 10.7. The molecule has 3 saturated heterocycles. The van der Waals surface area contributed by atoms with E-state index in [0.717, 1.165) is 44.9 Å². The first-order valence-corrected chi connectivity index (χ1v) is 13.1. The van der Waals surface area contributed by atoms with Gasteiger partial charge in [0.05, 0.1) is 6.61 Å². The summed E-state index contributed by atoms with van der Waals surface area (Å²) in [6.45, 7) is 6.18. The van der Waals surface area contributed by atoms with Gasteiger partial charge in [-0.2, -0.15) is 0 Å². The molecule has 0 saturated carbocycles. The van der Waals surface area contributed by atoms with Crippen LogP contribution in [0.1, 0.15) is 38.5 Å². The molecule has 35 heavy (non-hydrogen) atoms. The third-order valence-electron chi connectivity index (χ3n) is 7.68. The highest BCUT2D eigenvalue weighted by Crippen LogP contribution is 2.37. The van der Waals surface area contributed by atoms with E-state index in [-0.39, 0.29) is 23.1 Å². The summed E-state index contributed by atoms with van der Waals surface area (Å²) in [7, 11) is 2.08. The van der Waals surface area contributed by atoms with Gasteiger partial charge in [-0.05, 0) is 50.6 Å². The highest BCUT2D eigenvalue weighted by molar-refractivity contribution is 6.30. The molecule has 0 bridgehead atoms. The van der Waals surface area contributed by atoms with Crippen LogP contribution >= 0.6 is 11.6 Å². The van der Waals surface area contributed by atoms with Crippen molar-refractivity contribution in [2.75, 3.05) is 66.0 Å². The summed E-state index contributed by atoms with van der Waals surface area (Å²) in [6, 6.07) is 7.28. The minimum atomic E-state index is -0.318. The van der Waals surface area contributed by atoms with Crippen molar-refractivity contribution in [3.63, 3.8) is 0 Å². The normalized spacial score (nSPS) is 20.9. The van der Waals surface area contributed by atoms with Gasteiger partial charge in [0.1, 0.15) is 5.75 Å². The van der Waals surface area contributed by atoms with Gasteiger partial charge >= 0.3 is 0 Å². The Bertz CT molecular complexity index is 893. The van der Waals surface area contributed by atoms with Crippen molar-refractivity contribution in [3.05, 3.63) is 29.3 Å². The number of nitrogens with zero attached hydrogens (tertiary/aromatic N) is 4. The number of likely N-dealkylation sites (tertiary alicyclic amines) is 2. The molecule has 8 nitrogen and oxygen atoms in total. The van der Waals surface area contributed by atoms with Crippen LogP contribution in [0.3, 0.4) is 0 Å². The first-order valence-electron chi connectivity index (χ1n) is 12.7. The van der Waals surface area contributed by atoms with Gasteiger partial charge in [0.2, 0.25) is 17.7 Å². The lowest BCUT2D eigenvalue weighted by Gasteiger charge is -2.43. The Labute approximate surface area is 213 Å². The zero-order valence-corrected chi connectivity index (χ0v) is 21.5. The number of benzene rings is 1. The van der Waals surface area contributed by atoms with Crippen molar-refractivity contribution in [3.8, 4) is 5.75 Å². The topological polar surface area (TPSA) is 73.4 Å². The average molecular weight is 505 g/mol. The van der Waals surface area contributed by atoms with Crippen molar-refractivity contribution < 1.29 is 19.1 Å². The van der Waals surface area contributed by atoms with E-state index in [9.17, 15) is 14.4 Å². The molecule has 3 heterocycles. The second-order valence-electron chi connectivity index (χ2n) is 10.2. The molecule has 0 N–H and O–H groups in total. The summed E-state index contributed by atoms with van der Waals surface area (Å²) in [6.07, 6.45) is 3.70. The highest BCUT2D eigenvalue weighted by atomic mass is 35.5. The van der Waals surface area contributed by atoms with Gasteiger partial charge in [0, 0.05) is 82.1 Å². The molecule has 3 aliphatic rings. The average Bonchev–Trinajstić information content (AvgIpc) is 3.27. The summed E-state index contributed by atoms with van der Waals surface area (Å²) in [5, 5.41) is 0.653. The Morgan fingerprint density at radius 1 is 0.943 bits per heavy atom. The Morgan fingerprint density at radius 3 is 2.23 bits per heavy atom. The maximum absolute atomic E-state index is 13.2. The van der Waals surface area contributed by atoms with Crippen LogP contribution in [0.4, 0.5) is 0 Å². The lowest BCUT2D eigenvalue weighted by molar-refractivity contribution is -0.139. The lowest BCUT2D eigenvalue weighted by atomic mass is 9.75. The molecule has 9 heteroatoms. The molecule has 192 valence electrons.